The van der Waals surface area contributed by atoms with Crippen molar-refractivity contribution in [3.8, 4) is 0 Å². The Morgan fingerprint density at radius 2 is 2.14 bits per heavy atom. The molecule has 1 heterocycles. The third-order valence-corrected chi connectivity index (χ3v) is 1.30. The van der Waals surface area contributed by atoms with Crippen LogP contribution in [-0.4, -0.2) is 27.4 Å². The molecular weight excluding hydrogens is 196 g/mol. The molecule has 2 N–H and O–H groups in total. The minimum absolute atomic E-state index is 0.123. The van der Waals surface area contributed by atoms with Gasteiger partial charge < -0.3 is 14.8 Å². The fourth-order valence-electron chi connectivity index (χ4n) is 0.686. The average Bonchev–Trinajstić information content (AvgIpc) is 2.47. The zero-order valence-electron chi connectivity index (χ0n) is 7.79. The number of hydrogen-bond acceptors (Lipinski definition) is 5. The lowest BCUT2D eigenvalue weighted by Gasteiger charge is -2.15. The van der Waals surface area contributed by atoms with E-state index in [9.17, 15) is 13.9 Å². The first-order valence-corrected chi connectivity index (χ1v) is 3.96. The van der Waals surface area contributed by atoms with Crippen LogP contribution in [0, 0.1) is 0 Å². The summed E-state index contributed by atoms with van der Waals surface area (Å²) in [6.07, 6.45) is -2.78. The van der Waals surface area contributed by atoms with Gasteiger partial charge in [-0.2, -0.15) is 8.78 Å². The largest absolute Gasteiger partial charge is 0.402 e. The van der Waals surface area contributed by atoms with Gasteiger partial charge in [0.1, 0.15) is 0 Å². The third kappa shape index (κ3) is 3.25. The second kappa shape index (κ2) is 3.87. The number of halogens is 2. The Kier molecular flexibility index (Phi) is 3.00. The highest BCUT2D eigenvalue weighted by molar-refractivity contribution is 5.17. The second-order valence-corrected chi connectivity index (χ2v) is 3.41. The van der Waals surface area contributed by atoms with Crippen molar-refractivity contribution in [2.45, 2.75) is 25.9 Å². The van der Waals surface area contributed by atoms with Crippen LogP contribution >= 0.6 is 0 Å². The fraction of sp³-hybridized carbons (Fsp3) is 0.714. The van der Waals surface area contributed by atoms with E-state index in [1.54, 1.807) is 13.8 Å². The van der Waals surface area contributed by atoms with Gasteiger partial charge in [0, 0.05) is 6.54 Å². The summed E-state index contributed by atoms with van der Waals surface area (Å²) in [5.41, 5.74) is -0.973. The average molecular weight is 207 g/mol. The van der Waals surface area contributed by atoms with Crippen LogP contribution in [0.4, 0.5) is 14.8 Å². The molecule has 0 aliphatic rings. The van der Waals surface area contributed by atoms with Crippen molar-refractivity contribution in [3.05, 3.63) is 5.89 Å². The van der Waals surface area contributed by atoms with Gasteiger partial charge in [0.15, 0.2) is 0 Å². The molecule has 7 heteroatoms. The van der Waals surface area contributed by atoms with Crippen LogP contribution < -0.4 is 5.32 Å². The molecule has 0 aromatic carbocycles. The summed E-state index contributed by atoms with van der Waals surface area (Å²) in [6, 6.07) is -0.123. The van der Waals surface area contributed by atoms with Crippen LogP contribution in [-0.2, 0) is 0 Å². The first-order chi connectivity index (χ1) is 6.38. The number of anilines is 1. The molecule has 0 saturated carbocycles. The van der Waals surface area contributed by atoms with E-state index in [4.69, 9.17) is 0 Å². The molecule has 0 saturated heterocycles. The highest BCUT2D eigenvalue weighted by Crippen LogP contribution is 2.18. The lowest BCUT2D eigenvalue weighted by atomic mass is 10.1. The smallest absolute Gasteiger partial charge is 0.315 e. The van der Waals surface area contributed by atoms with E-state index >= 15 is 0 Å². The van der Waals surface area contributed by atoms with Gasteiger partial charge in [-0.1, -0.05) is 5.10 Å². The zero-order chi connectivity index (χ0) is 10.8. The van der Waals surface area contributed by atoms with E-state index in [0.29, 0.717) is 0 Å². The van der Waals surface area contributed by atoms with Crippen molar-refractivity contribution in [2.24, 2.45) is 0 Å². The Bertz CT molecular complexity index is 295. The van der Waals surface area contributed by atoms with Gasteiger partial charge >= 0.3 is 12.4 Å². The molecule has 0 aliphatic heterocycles. The Morgan fingerprint density at radius 3 is 2.57 bits per heavy atom. The van der Waals surface area contributed by atoms with Crippen molar-refractivity contribution in [3.63, 3.8) is 0 Å². The molecule has 0 fully saturated rings. The molecule has 0 amide bonds. The summed E-state index contributed by atoms with van der Waals surface area (Å²) >= 11 is 0. The summed E-state index contributed by atoms with van der Waals surface area (Å²) in [7, 11) is 0. The number of nitrogens with one attached hydrogen (secondary N) is 1. The summed E-state index contributed by atoms with van der Waals surface area (Å²) in [5.74, 6) is -0.733. The second-order valence-electron chi connectivity index (χ2n) is 3.41. The quantitative estimate of drug-likeness (QED) is 0.775. The molecule has 1 aromatic rings. The minimum atomic E-state index is -2.78. The molecule has 0 atom stereocenters. The molecule has 5 nitrogen and oxygen atoms in total. The predicted octanol–water partition coefficient (Wildman–Crippen LogP) is 1.19. The lowest BCUT2D eigenvalue weighted by Crippen LogP contribution is -2.29. The monoisotopic (exact) mass is 207 g/mol. The zero-order valence-corrected chi connectivity index (χ0v) is 7.79. The van der Waals surface area contributed by atoms with Crippen molar-refractivity contribution in [1.82, 2.24) is 10.2 Å². The molecule has 0 bridgehead atoms. The summed E-state index contributed by atoms with van der Waals surface area (Å²) in [6.45, 7) is 3.26. The fourth-order valence-corrected chi connectivity index (χ4v) is 0.686. The van der Waals surface area contributed by atoms with Crippen molar-refractivity contribution in [1.29, 1.82) is 0 Å². The van der Waals surface area contributed by atoms with Crippen LogP contribution in [0.1, 0.15) is 26.2 Å². The first-order valence-electron chi connectivity index (χ1n) is 3.96. The SMILES string of the molecule is CC(C)(O)CNc1nnc(C(F)F)o1. The van der Waals surface area contributed by atoms with Gasteiger partial charge in [-0.15, -0.1) is 5.10 Å². The van der Waals surface area contributed by atoms with Gasteiger partial charge in [-0.25, -0.2) is 0 Å². The molecule has 1 aromatic heterocycles. The lowest BCUT2D eigenvalue weighted by molar-refractivity contribution is 0.0933. The van der Waals surface area contributed by atoms with Crippen LogP contribution in [0.3, 0.4) is 0 Å². The van der Waals surface area contributed by atoms with Gasteiger partial charge in [-0.05, 0) is 13.8 Å². The number of alkyl halides is 2. The topological polar surface area (TPSA) is 71.2 Å². The van der Waals surface area contributed by atoms with Crippen LogP contribution in [0.15, 0.2) is 4.42 Å². The number of rotatable bonds is 4. The maximum atomic E-state index is 12.0. The van der Waals surface area contributed by atoms with E-state index in [1.807, 2.05) is 0 Å². The maximum Gasteiger partial charge on any atom is 0.315 e. The Labute approximate surface area is 79.1 Å². The molecule has 0 spiro atoms. The van der Waals surface area contributed by atoms with Crippen LogP contribution in [0.2, 0.25) is 0 Å². The summed E-state index contributed by atoms with van der Waals surface area (Å²) < 4.78 is 28.5. The minimum Gasteiger partial charge on any atom is -0.402 e. The molecule has 14 heavy (non-hydrogen) atoms. The molecular formula is C7H11F2N3O2. The standard InChI is InChI=1S/C7H11F2N3O2/c1-7(2,13)3-10-6-12-11-5(14-6)4(8)9/h4,13H,3H2,1-2H3,(H,10,12). The van der Waals surface area contributed by atoms with E-state index < -0.39 is 17.9 Å². The van der Waals surface area contributed by atoms with Crippen molar-refractivity contribution >= 4 is 6.01 Å². The summed E-state index contributed by atoms with van der Waals surface area (Å²) in [5, 5.41) is 18.3. The predicted molar refractivity (Wildman–Crippen MR) is 44.0 cm³/mol. The summed E-state index contributed by atoms with van der Waals surface area (Å²) in [4.78, 5) is 0. The number of hydrogen-bond donors (Lipinski definition) is 2. The van der Waals surface area contributed by atoms with Crippen LogP contribution in [0.5, 0.6) is 0 Å². The van der Waals surface area contributed by atoms with Gasteiger partial charge in [0.2, 0.25) is 0 Å². The first kappa shape index (κ1) is 10.8. The van der Waals surface area contributed by atoms with Crippen molar-refractivity contribution in [2.75, 3.05) is 11.9 Å². The Hall–Kier alpha value is -1.24. The van der Waals surface area contributed by atoms with E-state index in [2.05, 4.69) is 19.9 Å². The van der Waals surface area contributed by atoms with E-state index in [-0.39, 0.29) is 12.6 Å². The van der Waals surface area contributed by atoms with E-state index in [1.165, 1.54) is 0 Å². The molecule has 0 unspecified atom stereocenters. The highest BCUT2D eigenvalue weighted by Gasteiger charge is 2.18. The number of aliphatic hydroxyl groups is 1. The molecule has 80 valence electrons. The van der Waals surface area contributed by atoms with Gasteiger partial charge in [0.05, 0.1) is 5.60 Å². The molecule has 0 radical (unpaired) electrons. The normalized spacial score (nSPS) is 12.1. The van der Waals surface area contributed by atoms with Gasteiger partial charge in [0.25, 0.3) is 5.89 Å². The Balaban J connectivity index is 2.52. The number of nitrogens with zero attached hydrogens (tertiary/aromatic N) is 2. The third-order valence-electron chi connectivity index (χ3n) is 1.30. The van der Waals surface area contributed by atoms with E-state index in [0.717, 1.165) is 0 Å². The van der Waals surface area contributed by atoms with Gasteiger partial charge in [-0.3, -0.25) is 0 Å². The molecule has 1 rings (SSSR count). The van der Waals surface area contributed by atoms with Crippen molar-refractivity contribution < 1.29 is 18.3 Å². The maximum absolute atomic E-state index is 12.0. The Morgan fingerprint density at radius 1 is 1.50 bits per heavy atom. The molecule has 0 aliphatic carbocycles. The number of aromatic nitrogens is 2. The van der Waals surface area contributed by atoms with Crippen LogP contribution in [0.25, 0.3) is 0 Å². The highest BCUT2D eigenvalue weighted by atomic mass is 19.3.